The number of carbonyl (C=O) groups is 2. The van der Waals surface area contributed by atoms with Crippen LogP contribution in [-0.2, 0) is 4.79 Å². The van der Waals surface area contributed by atoms with Gasteiger partial charge in [-0.25, -0.2) is 4.98 Å². The Hall–Kier alpha value is -3.71. The van der Waals surface area contributed by atoms with Gasteiger partial charge in [-0.15, -0.1) is 11.3 Å². The monoisotopic (exact) mass is 457 g/mol. The van der Waals surface area contributed by atoms with Crippen LogP contribution in [0.1, 0.15) is 23.2 Å². The van der Waals surface area contributed by atoms with Gasteiger partial charge in [-0.1, -0.05) is 54.6 Å². The number of hydrogen-bond donors (Lipinski definition) is 1. The summed E-state index contributed by atoms with van der Waals surface area (Å²) in [5.74, 6) is -0.216. The highest BCUT2D eigenvalue weighted by Crippen LogP contribution is 2.28. The number of benzene rings is 2. The van der Waals surface area contributed by atoms with E-state index >= 15 is 0 Å². The van der Waals surface area contributed by atoms with Gasteiger partial charge in [-0.2, -0.15) is 0 Å². The van der Waals surface area contributed by atoms with E-state index in [0.29, 0.717) is 36.6 Å². The highest BCUT2D eigenvalue weighted by molar-refractivity contribution is 7.14. The molecule has 4 aromatic rings. The van der Waals surface area contributed by atoms with Crippen molar-refractivity contribution in [2.24, 2.45) is 5.92 Å². The molecule has 7 heteroatoms. The Morgan fingerprint density at radius 3 is 2.33 bits per heavy atom. The second-order valence-electron chi connectivity index (χ2n) is 8.05. The van der Waals surface area contributed by atoms with E-state index in [0.717, 1.165) is 16.8 Å². The van der Waals surface area contributed by atoms with Gasteiger partial charge in [-0.05, 0) is 30.0 Å². The van der Waals surface area contributed by atoms with Crippen LogP contribution < -0.4 is 5.32 Å². The van der Waals surface area contributed by atoms with Gasteiger partial charge in [0.1, 0.15) is 6.26 Å². The van der Waals surface area contributed by atoms with Crippen LogP contribution in [0.15, 0.2) is 83.0 Å². The molecule has 2 amide bonds. The fourth-order valence-electron chi connectivity index (χ4n) is 4.05. The minimum Gasteiger partial charge on any atom is -0.472 e. The zero-order valence-electron chi connectivity index (χ0n) is 17.9. The second kappa shape index (κ2) is 9.42. The number of anilines is 1. The molecule has 0 radical (unpaired) electrons. The van der Waals surface area contributed by atoms with E-state index in [1.807, 2.05) is 23.6 Å². The molecule has 1 saturated heterocycles. The molecule has 0 atom stereocenters. The number of hydrogen-bond acceptors (Lipinski definition) is 5. The Bertz CT molecular complexity index is 1230. The summed E-state index contributed by atoms with van der Waals surface area (Å²) in [4.78, 5) is 31.6. The van der Waals surface area contributed by atoms with Gasteiger partial charge in [-0.3, -0.25) is 9.59 Å². The van der Waals surface area contributed by atoms with Crippen molar-refractivity contribution in [1.29, 1.82) is 0 Å². The molecule has 1 fully saturated rings. The van der Waals surface area contributed by atoms with Crippen molar-refractivity contribution < 1.29 is 14.0 Å². The molecule has 0 aliphatic carbocycles. The minimum absolute atomic E-state index is 0.0364. The topological polar surface area (TPSA) is 75.4 Å². The van der Waals surface area contributed by atoms with Crippen molar-refractivity contribution in [3.63, 3.8) is 0 Å². The van der Waals surface area contributed by atoms with E-state index in [1.54, 1.807) is 11.0 Å². The predicted octanol–water partition coefficient (Wildman–Crippen LogP) is 5.56. The van der Waals surface area contributed by atoms with Crippen LogP contribution in [0.2, 0.25) is 0 Å². The fourth-order valence-corrected chi connectivity index (χ4v) is 4.77. The molecule has 1 aliphatic heterocycles. The van der Waals surface area contributed by atoms with E-state index in [9.17, 15) is 9.59 Å². The summed E-state index contributed by atoms with van der Waals surface area (Å²) in [6, 6.07) is 20.2. The van der Waals surface area contributed by atoms with Crippen molar-refractivity contribution in [3.05, 3.63) is 84.1 Å². The maximum absolute atomic E-state index is 12.8. The smallest absolute Gasteiger partial charge is 0.257 e. The standard InChI is InChI=1S/C26H23N3O3S/c30-24(21-10-13-29(14-11-21)25(31)22-12-15-32-16-22)28-26-27-23(17-33-26)20-8-6-19(7-9-20)18-4-2-1-3-5-18/h1-9,12,15-17,21H,10-11,13-14H2,(H,27,28,30). The normalized spacial score (nSPS) is 14.2. The molecular weight excluding hydrogens is 434 g/mol. The maximum atomic E-state index is 12.8. The Morgan fingerprint density at radius 2 is 1.64 bits per heavy atom. The first-order valence-corrected chi connectivity index (χ1v) is 11.8. The molecule has 166 valence electrons. The van der Waals surface area contributed by atoms with Crippen LogP contribution in [-0.4, -0.2) is 34.8 Å². The van der Waals surface area contributed by atoms with E-state index < -0.39 is 0 Å². The number of piperidine rings is 1. The first-order chi connectivity index (χ1) is 16.2. The molecule has 0 bridgehead atoms. The van der Waals surface area contributed by atoms with E-state index in [2.05, 4.69) is 46.7 Å². The lowest BCUT2D eigenvalue weighted by atomic mass is 9.95. The third-order valence-corrected chi connectivity index (χ3v) is 6.70. The summed E-state index contributed by atoms with van der Waals surface area (Å²) < 4.78 is 4.99. The second-order valence-corrected chi connectivity index (χ2v) is 8.91. The lowest BCUT2D eigenvalue weighted by Crippen LogP contribution is -2.41. The number of nitrogens with one attached hydrogen (secondary N) is 1. The number of thiazole rings is 1. The van der Waals surface area contributed by atoms with E-state index in [-0.39, 0.29) is 17.7 Å². The highest BCUT2D eigenvalue weighted by atomic mass is 32.1. The number of likely N-dealkylation sites (tertiary alicyclic amines) is 1. The van der Waals surface area contributed by atoms with E-state index in [4.69, 9.17) is 4.42 Å². The van der Waals surface area contributed by atoms with Gasteiger partial charge < -0.3 is 14.6 Å². The van der Waals surface area contributed by atoms with Gasteiger partial charge in [0.05, 0.1) is 17.5 Å². The molecule has 0 spiro atoms. The van der Waals surface area contributed by atoms with Gasteiger partial charge in [0.15, 0.2) is 5.13 Å². The molecule has 6 nitrogen and oxygen atoms in total. The molecule has 2 aromatic carbocycles. The number of carbonyl (C=O) groups excluding carboxylic acids is 2. The number of aromatic nitrogens is 1. The number of amides is 2. The molecule has 1 aliphatic rings. The van der Waals surface area contributed by atoms with Crippen molar-refractivity contribution >= 4 is 28.3 Å². The van der Waals surface area contributed by atoms with Crippen molar-refractivity contribution in [2.45, 2.75) is 12.8 Å². The fraction of sp³-hybridized carbons (Fsp3) is 0.192. The molecule has 1 N–H and O–H groups in total. The predicted molar refractivity (Wildman–Crippen MR) is 129 cm³/mol. The van der Waals surface area contributed by atoms with Crippen LogP contribution in [0.25, 0.3) is 22.4 Å². The zero-order valence-corrected chi connectivity index (χ0v) is 18.8. The summed E-state index contributed by atoms with van der Waals surface area (Å²) in [7, 11) is 0. The Balaban J connectivity index is 1.17. The van der Waals surface area contributed by atoms with Crippen molar-refractivity contribution in [1.82, 2.24) is 9.88 Å². The molecule has 2 aromatic heterocycles. The van der Waals surface area contributed by atoms with E-state index in [1.165, 1.54) is 29.4 Å². The molecular formula is C26H23N3O3S. The van der Waals surface area contributed by atoms with Gasteiger partial charge in [0.25, 0.3) is 5.91 Å². The van der Waals surface area contributed by atoms with Crippen LogP contribution in [0.5, 0.6) is 0 Å². The lowest BCUT2D eigenvalue weighted by Gasteiger charge is -2.30. The summed E-state index contributed by atoms with van der Waals surface area (Å²) >= 11 is 1.42. The van der Waals surface area contributed by atoms with Crippen molar-refractivity contribution in [2.75, 3.05) is 18.4 Å². The average Bonchev–Trinajstić information content (AvgIpc) is 3.57. The highest BCUT2D eigenvalue weighted by Gasteiger charge is 2.28. The molecule has 5 rings (SSSR count). The number of nitrogens with zero attached hydrogens (tertiary/aromatic N) is 2. The summed E-state index contributed by atoms with van der Waals surface area (Å²) in [5, 5.41) is 5.51. The van der Waals surface area contributed by atoms with Crippen LogP contribution in [0.3, 0.4) is 0 Å². The number of rotatable bonds is 5. The zero-order chi connectivity index (χ0) is 22.6. The van der Waals surface area contributed by atoms with Crippen LogP contribution >= 0.6 is 11.3 Å². The summed E-state index contributed by atoms with van der Waals surface area (Å²) in [6.07, 6.45) is 4.22. The Labute approximate surface area is 195 Å². The molecule has 3 heterocycles. The number of furan rings is 1. The molecule has 33 heavy (non-hydrogen) atoms. The van der Waals surface area contributed by atoms with Crippen LogP contribution in [0.4, 0.5) is 5.13 Å². The van der Waals surface area contributed by atoms with Gasteiger partial charge in [0.2, 0.25) is 5.91 Å². The van der Waals surface area contributed by atoms with Crippen LogP contribution in [0, 0.1) is 5.92 Å². The van der Waals surface area contributed by atoms with Crippen molar-refractivity contribution in [3.8, 4) is 22.4 Å². The Kier molecular flexibility index (Phi) is 6.04. The summed E-state index contributed by atoms with van der Waals surface area (Å²) in [5.41, 5.74) is 4.73. The first-order valence-electron chi connectivity index (χ1n) is 10.9. The maximum Gasteiger partial charge on any atom is 0.257 e. The molecule has 0 saturated carbocycles. The molecule has 0 unspecified atom stereocenters. The minimum atomic E-state index is -0.129. The largest absolute Gasteiger partial charge is 0.472 e. The first kappa shape index (κ1) is 21.2. The average molecular weight is 458 g/mol. The quantitative estimate of drug-likeness (QED) is 0.426. The lowest BCUT2D eigenvalue weighted by molar-refractivity contribution is -0.121. The SMILES string of the molecule is O=C(Nc1nc(-c2ccc(-c3ccccc3)cc2)cs1)C1CCN(C(=O)c2ccoc2)CC1. The van der Waals surface area contributed by atoms with Gasteiger partial charge in [0, 0.05) is 30.0 Å². The Morgan fingerprint density at radius 1 is 0.939 bits per heavy atom. The third kappa shape index (κ3) is 4.73. The summed E-state index contributed by atoms with van der Waals surface area (Å²) in [6.45, 7) is 1.11. The third-order valence-electron chi connectivity index (χ3n) is 5.94. The van der Waals surface area contributed by atoms with Gasteiger partial charge >= 0.3 is 0 Å².